The molecule has 88 valence electrons. The minimum Gasteiger partial charge on any atom is -0.324 e. The van der Waals surface area contributed by atoms with Crippen molar-refractivity contribution >= 4 is 0 Å². The van der Waals surface area contributed by atoms with Crippen LogP contribution < -0.4 is 5.73 Å². The van der Waals surface area contributed by atoms with Crippen LogP contribution in [0.3, 0.4) is 0 Å². The summed E-state index contributed by atoms with van der Waals surface area (Å²) < 4.78 is 0. The standard InChI is InChI=1S/C14H22N2/c1-11-4-5-12(2)13(8-11)9-16(3)10-14(15)6-7-14/h4-5,8H,6-7,9-10,15H2,1-3H3. The lowest BCUT2D eigenvalue weighted by Gasteiger charge is -2.21. The van der Waals surface area contributed by atoms with E-state index in [0.29, 0.717) is 0 Å². The fourth-order valence-electron chi connectivity index (χ4n) is 2.17. The second-order valence-corrected chi connectivity index (χ2v) is 5.46. The molecule has 1 saturated carbocycles. The highest BCUT2D eigenvalue weighted by Gasteiger charge is 2.38. The van der Waals surface area contributed by atoms with Crippen molar-refractivity contribution < 1.29 is 0 Å². The minimum atomic E-state index is 0.118. The number of nitrogens with two attached hydrogens (primary N) is 1. The van der Waals surface area contributed by atoms with Crippen molar-refractivity contribution in [3.63, 3.8) is 0 Å². The Kier molecular flexibility index (Phi) is 3.04. The van der Waals surface area contributed by atoms with Gasteiger partial charge in [0.05, 0.1) is 0 Å². The third kappa shape index (κ3) is 2.83. The third-order valence-electron chi connectivity index (χ3n) is 3.42. The zero-order valence-electron chi connectivity index (χ0n) is 10.6. The van der Waals surface area contributed by atoms with Crippen LogP contribution >= 0.6 is 0 Å². The van der Waals surface area contributed by atoms with E-state index in [1.807, 2.05) is 0 Å². The molecule has 1 aromatic rings. The second kappa shape index (κ2) is 4.19. The number of likely N-dealkylation sites (N-methyl/N-ethyl adjacent to an activating group) is 1. The highest BCUT2D eigenvalue weighted by Crippen LogP contribution is 2.32. The fraction of sp³-hybridized carbons (Fsp3) is 0.571. The predicted molar refractivity (Wildman–Crippen MR) is 68.4 cm³/mol. The molecule has 0 saturated heterocycles. The zero-order valence-corrected chi connectivity index (χ0v) is 10.6. The molecule has 1 fully saturated rings. The quantitative estimate of drug-likeness (QED) is 0.839. The summed E-state index contributed by atoms with van der Waals surface area (Å²) in [5, 5.41) is 0. The van der Waals surface area contributed by atoms with Gasteiger partial charge in [-0.2, -0.15) is 0 Å². The normalized spacial score (nSPS) is 17.8. The molecular formula is C14H22N2. The van der Waals surface area contributed by atoms with Crippen molar-refractivity contribution in [2.75, 3.05) is 13.6 Å². The lowest BCUT2D eigenvalue weighted by atomic mass is 10.1. The van der Waals surface area contributed by atoms with Crippen LogP contribution in [0, 0.1) is 13.8 Å². The van der Waals surface area contributed by atoms with Crippen molar-refractivity contribution in [3.8, 4) is 0 Å². The molecule has 0 radical (unpaired) electrons. The van der Waals surface area contributed by atoms with E-state index in [1.54, 1.807) is 0 Å². The third-order valence-corrected chi connectivity index (χ3v) is 3.42. The summed E-state index contributed by atoms with van der Waals surface area (Å²) in [6, 6.07) is 6.65. The molecule has 0 spiro atoms. The zero-order chi connectivity index (χ0) is 11.8. The average molecular weight is 218 g/mol. The summed E-state index contributed by atoms with van der Waals surface area (Å²) in [6.45, 7) is 6.35. The maximum atomic E-state index is 6.13. The average Bonchev–Trinajstić information content (AvgIpc) is 2.89. The fourth-order valence-corrected chi connectivity index (χ4v) is 2.17. The molecule has 2 N–H and O–H groups in total. The first-order valence-corrected chi connectivity index (χ1v) is 6.02. The largest absolute Gasteiger partial charge is 0.324 e. The van der Waals surface area contributed by atoms with E-state index in [1.165, 1.54) is 29.5 Å². The van der Waals surface area contributed by atoms with Crippen LogP contribution in [-0.2, 0) is 6.54 Å². The highest BCUT2D eigenvalue weighted by molar-refractivity contribution is 5.30. The van der Waals surface area contributed by atoms with Gasteiger partial charge in [0.25, 0.3) is 0 Å². The molecule has 0 atom stereocenters. The van der Waals surface area contributed by atoms with Crippen molar-refractivity contribution in [2.24, 2.45) is 5.73 Å². The van der Waals surface area contributed by atoms with E-state index in [-0.39, 0.29) is 5.54 Å². The molecule has 0 unspecified atom stereocenters. The molecule has 0 bridgehead atoms. The molecule has 2 nitrogen and oxygen atoms in total. The lowest BCUT2D eigenvalue weighted by molar-refractivity contribution is 0.295. The molecule has 0 aliphatic heterocycles. The van der Waals surface area contributed by atoms with E-state index in [2.05, 4.69) is 44.0 Å². The Morgan fingerprint density at radius 3 is 2.62 bits per heavy atom. The molecule has 0 amide bonds. The van der Waals surface area contributed by atoms with Gasteiger partial charge in [0.1, 0.15) is 0 Å². The van der Waals surface area contributed by atoms with Crippen LogP contribution in [0.15, 0.2) is 18.2 Å². The van der Waals surface area contributed by atoms with Crippen LogP contribution in [0.5, 0.6) is 0 Å². The summed E-state index contributed by atoms with van der Waals surface area (Å²) in [6.07, 6.45) is 2.37. The van der Waals surface area contributed by atoms with E-state index >= 15 is 0 Å². The van der Waals surface area contributed by atoms with Gasteiger partial charge in [-0.05, 0) is 44.9 Å². The molecule has 1 aliphatic carbocycles. The van der Waals surface area contributed by atoms with Crippen LogP contribution in [0.25, 0.3) is 0 Å². The second-order valence-electron chi connectivity index (χ2n) is 5.46. The molecular weight excluding hydrogens is 196 g/mol. The number of hydrogen-bond acceptors (Lipinski definition) is 2. The van der Waals surface area contributed by atoms with E-state index in [9.17, 15) is 0 Å². The molecule has 0 heterocycles. The van der Waals surface area contributed by atoms with Crippen molar-refractivity contribution in [2.45, 2.75) is 38.8 Å². The number of rotatable bonds is 4. The number of aryl methyl sites for hydroxylation is 2. The smallest absolute Gasteiger partial charge is 0.0284 e. The van der Waals surface area contributed by atoms with Crippen LogP contribution in [-0.4, -0.2) is 24.0 Å². The van der Waals surface area contributed by atoms with Crippen molar-refractivity contribution in [3.05, 3.63) is 34.9 Å². The SMILES string of the molecule is Cc1ccc(C)c(CN(C)CC2(N)CC2)c1. The van der Waals surface area contributed by atoms with E-state index < -0.39 is 0 Å². The first kappa shape index (κ1) is 11.6. The first-order valence-electron chi connectivity index (χ1n) is 6.02. The van der Waals surface area contributed by atoms with Crippen LogP contribution in [0.2, 0.25) is 0 Å². The van der Waals surface area contributed by atoms with Crippen LogP contribution in [0.1, 0.15) is 29.5 Å². The number of nitrogens with zero attached hydrogens (tertiary/aromatic N) is 1. The topological polar surface area (TPSA) is 29.3 Å². The molecule has 1 aromatic carbocycles. The molecule has 16 heavy (non-hydrogen) atoms. The van der Waals surface area contributed by atoms with Gasteiger partial charge in [0.2, 0.25) is 0 Å². The van der Waals surface area contributed by atoms with E-state index in [0.717, 1.165) is 13.1 Å². The number of hydrogen-bond donors (Lipinski definition) is 1. The Morgan fingerprint density at radius 2 is 2.00 bits per heavy atom. The van der Waals surface area contributed by atoms with E-state index in [4.69, 9.17) is 5.73 Å². The van der Waals surface area contributed by atoms with Gasteiger partial charge in [0.15, 0.2) is 0 Å². The monoisotopic (exact) mass is 218 g/mol. The Labute approximate surface area is 98.4 Å². The van der Waals surface area contributed by atoms with Gasteiger partial charge in [-0.25, -0.2) is 0 Å². The predicted octanol–water partition coefficient (Wildman–Crippen LogP) is 2.23. The highest BCUT2D eigenvalue weighted by atomic mass is 15.1. The Morgan fingerprint density at radius 1 is 1.31 bits per heavy atom. The maximum Gasteiger partial charge on any atom is 0.0284 e. The summed E-state index contributed by atoms with van der Waals surface area (Å²) in [4.78, 5) is 2.34. The van der Waals surface area contributed by atoms with Gasteiger partial charge in [-0.3, -0.25) is 0 Å². The summed E-state index contributed by atoms with van der Waals surface area (Å²) >= 11 is 0. The lowest BCUT2D eigenvalue weighted by Crippen LogP contribution is -2.36. The van der Waals surface area contributed by atoms with Gasteiger partial charge >= 0.3 is 0 Å². The maximum absolute atomic E-state index is 6.13. The van der Waals surface area contributed by atoms with Crippen molar-refractivity contribution in [1.29, 1.82) is 0 Å². The summed E-state index contributed by atoms with van der Waals surface area (Å²) in [7, 11) is 2.16. The van der Waals surface area contributed by atoms with Crippen LogP contribution in [0.4, 0.5) is 0 Å². The Balaban J connectivity index is 1.99. The Hall–Kier alpha value is -0.860. The van der Waals surface area contributed by atoms with Gasteiger partial charge in [0, 0.05) is 18.6 Å². The van der Waals surface area contributed by atoms with Gasteiger partial charge < -0.3 is 10.6 Å². The summed E-state index contributed by atoms with van der Waals surface area (Å²) in [5.41, 5.74) is 10.4. The Bertz CT molecular complexity index is 380. The van der Waals surface area contributed by atoms with Gasteiger partial charge in [-0.1, -0.05) is 23.8 Å². The molecule has 0 aromatic heterocycles. The molecule has 2 heteroatoms. The van der Waals surface area contributed by atoms with Crippen molar-refractivity contribution in [1.82, 2.24) is 4.90 Å². The molecule has 2 rings (SSSR count). The molecule has 1 aliphatic rings. The summed E-state index contributed by atoms with van der Waals surface area (Å²) in [5.74, 6) is 0. The number of benzene rings is 1. The van der Waals surface area contributed by atoms with Gasteiger partial charge in [-0.15, -0.1) is 0 Å². The minimum absolute atomic E-state index is 0.118. The first-order chi connectivity index (χ1) is 7.48.